The molecule has 1 aliphatic rings. The monoisotopic (exact) mass is 559 g/mol. The maximum absolute atomic E-state index is 14.1. The fourth-order valence-corrected chi connectivity index (χ4v) is 5.50. The predicted molar refractivity (Wildman–Crippen MR) is 163 cm³/mol. The third-order valence-corrected chi connectivity index (χ3v) is 7.78. The van der Waals surface area contributed by atoms with E-state index in [2.05, 4.69) is 67.0 Å². The number of amides is 2. The van der Waals surface area contributed by atoms with Crippen LogP contribution in [-0.4, -0.2) is 62.4 Å². The van der Waals surface area contributed by atoms with E-state index < -0.39 is 0 Å². The van der Waals surface area contributed by atoms with Gasteiger partial charge in [0.05, 0.1) is 41.0 Å². The number of benzene rings is 2. The van der Waals surface area contributed by atoms with Crippen LogP contribution in [0.25, 0.3) is 22.2 Å². The Labute approximate surface area is 244 Å². The molecule has 0 aliphatic carbocycles. The number of anilines is 1. The molecule has 2 aromatic carbocycles. The minimum absolute atomic E-state index is 0.0444. The molecule has 3 aromatic heterocycles. The zero-order valence-electron chi connectivity index (χ0n) is 24.0. The zero-order chi connectivity index (χ0) is 29.2. The molecule has 0 unspecified atom stereocenters. The molecule has 2 amide bonds. The van der Waals surface area contributed by atoms with E-state index in [1.807, 2.05) is 43.1 Å². The molecule has 212 valence electrons. The lowest BCUT2D eigenvalue weighted by Gasteiger charge is -2.35. The van der Waals surface area contributed by atoms with Gasteiger partial charge in [0.15, 0.2) is 0 Å². The quantitative estimate of drug-likeness (QED) is 0.328. The van der Waals surface area contributed by atoms with Crippen molar-refractivity contribution in [1.82, 2.24) is 29.7 Å². The predicted octanol–water partition coefficient (Wildman–Crippen LogP) is 4.54. The standard InChI is InChI=1S/C33H33N7O2/c1-22-9-11-28-27(17-22)30(31(38(28)3)24-7-5-4-6-8-24)33(42)40-15-13-39(14-16-40)29-12-10-25(19-36-29)32(41)37-21-26-20-34-23(2)18-35-26/h4-12,17-20H,13-16,21H2,1-3H3,(H,37,41). The van der Waals surface area contributed by atoms with Crippen molar-refractivity contribution in [2.24, 2.45) is 7.05 Å². The third kappa shape index (κ3) is 5.33. The van der Waals surface area contributed by atoms with Crippen molar-refractivity contribution in [2.75, 3.05) is 31.1 Å². The van der Waals surface area contributed by atoms with Gasteiger partial charge >= 0.3 is 0 Å². The molecule has 0 bridgehead atoms. The Morgan fingerprint density at radius 1 is 0.857 bits per heavy atom. The Morgan fingerprint density at radius 3 is 2.33 bits per heavy atom. The van der Waals surface area contributed by atoms with Gasteiger partial charge in [0.1, 0.15) is 5.82 Å². The van der Waals surface area contributed by atoms with Crippen LogP contribution in [0.15, 0.2) is 79.3 Å². The molecule has 0 saturated carbocycles. The van der Waals surface area contributed by atoms with Gasteiger partial charge in [-0.05, 0) is 43.7 Å². The van der Waals surface area contributed by atoms with Crippen LogP contribution in [0.4, 0.5) is 5.82 Å². The van der Waals surface area contributed by atoms with Gasteiger partial charge in [-0.3, -0.25) is 19.6 Å². The van der Waals surface area contributed by atoms with Crippen LogP contribution in [-0.2, 0) is 13.6 Å². The highest BCUT2D eigenvalue weighted by atomic mass is 16.2. The average molecular weight is 560 g/mol. The summed E-state index contributed by atoms with van der Waals surface area (Å²) in [5, 5.41) is 3.84. The Bertz CT molecular complexity index is 1740. The van der Waals surface area contributed by atoms with Crippen molar-refractivity contribution in [2.45, 2.75) is 20.4 Å². The molecule has 4 heterocycles. The molecule has 6 rings (SSSR count). The van der Waals surface area contributed by atoms with E-state index in [1.165, 1.54) is 0 Å². The SMILES string of the molecule is Cc1ccc2c(c1)c(C(=O)N1CCN(c3ccc(C(=O)NCc4cnc(C)cn4)cn3)CC1)c(-c1ccccc1)n2C. The molecule has 1 saturated heterocycles. The molecule has 9 nitrogen and oxygen atoms in total. The molecule has 0 spiro atoms. The number of carbonyl (C=O) groups is 2. The number of carbonyl (C=O) groups excluding carboxylic acids is 2. The van der Waals surface area contributed by atoms with Gasteiger partial charge in [-0.25, -0.2) is 4.98 Å². The largest absolute Gasteiger partial charge is 0.353 e. The van der Waals surface area contributed by atoms with Crippen molar-refractivity contribution >= 4 is 28.5 Å². The van der Waals surface area contributed by atoms with Crippen LogP contribution >= 0.6 is 0 Å². The first-order valence-corrected chi connectivity index (χ1v) is 14.1. The Hall–Kier alpha value is -5.05. The number of fused-ring (bicyclic) bond motifs is 1. The second kappa shape index (κ2) is 11.4. The second-order valence-electron chi connectivity index (χ2n) is 10.7. The first-order valence-electron chi connectivity index (χ1n) is 14.1. The van der Waals surface area contributed by atoms with Crippen molar-refractivity contribution in [3.05, 3.63) is 107 Å². The second-order valence-corrected chi connectivity index (χ2v) is 10.7. The van der Waals surface area contributed by atoms with E-state index >= 15 is 0 Å². The van der Waals surface area contributed by atoms with Gasteiger partial charge in [0.25, 0.3) is 11.8 Å². The van der Waals surface area contributed by atoms with Crippen LogP contribution in [0, 0.1) is 13.8 Å². The number of aromatic nitrogens is 4. The number of nitrogens with one attached hydrogen (secondary N) is 1. The summed E-state index contributed by atoms with van der Waals surface area (Å²) in [7, 11) is 2.03. The number of rotatable bonds is 6. The first-order chi connectivity index (χ1) is 20.4. The topological polar surface area (TPSA) is 96.2 Å². The highest BCUT2D eigenvalue weighted by Gasteiger charge is 2.29. The molecular weight excluding hydrogens is 526 g/mol. The van der Waals surface area contributed by atoms with Gasteiger partial charge < -0.3 is 19.7 Å². The van der Waals surface area contributed by atoms with Crippen LogP contribution in [0.2, 0.25) is 0 Å². The zero-order valence-corrected chi connectivity index (χ0v) is 24.0. The Kier molecular flexibility index (Phi) is 7.39. The van der Waals surface area contributed by atoms with E-state index in [1.54, 1.807) is 24.7 Å². The number of aryl methyl sites for hydroxylation is 3. The molecular formula is C33H33N7O2. The van der Waals surface area contributed by atoms with Gasteiger partial charge in [0.2, 0.25) is 0 Å². The lowest BCUT2D eigenvalue weighted by Crippen LogP contribution is -2.49. The molecule has 1 N–H and O–H groups in total. The summed E-state index contributed by atoms with van der Waals surface area (Å²) in [5.41, 5.74) is 6.88. The molecule has 42 heavy (non-hydrogen) atoms. The number of nitrogens with zero attached hydrogens (tertiary/aromatic N) is 6. The average Bonchev–Trinajstić information content (AvgIpc) is 3.31. The molecule has 9 heteroatoms. The van der Waals surface area contributed by atoms with Crippen LogP contribution in [0.1, 0.15) is 37.7 Å². The number of pyridine rings is 1. The number of piperazine rings is 1. The summed E-state index contributed by atoms with van der Waals surface area (Å²) in [6, 6.07) is 20.1. The Morgan fingerprint density at radius 2 is 1.64 bits per heavy atom. The van der Waals surface area contributed by atoms with Crippen LogP contribution in [0.3, 0.4) is 0 Å². The first kappa shape index (κ1) is 27.1. The van der Waals surface area contributed by atoms with Crippen molar-refractivity contribution in [3.8, 4) is 11.3 Å². The lowest BCUT2D eigenvalue weighted by molar-refractivity contribution is 0.0748. The highest BCUT2D eigenvalue weighted by molar-refractivity contribution is 6.13. The van der Waals surface area contributed by atoms with Gasteiger partial charge in [-0.1, -0.05) is 42.0 Å². The lowest BCUT2D eigenvalue weighted by atomic mass is 10.0. The summed E-state index contributed by atoms with van der Waals surface area (Å²) in [6.45, 7) is 6.69. The van der Waals surface area contributed by atoms with Crippen molar-refractivity contribution < 1.29 is 9.59 Å². The van der Waals surface area contributed by atoms with Gasteiger partial charge in [0, 0.05) is 56.5 Å². The normalized spacial score (nSPS) is 13.4. The number of hydrogen-bond acceptors (Lipinski definition) is 6. The smallest absolute Gasteiger partial charge is 0.256 e. The summed E-state index contributed by atoms with van der Waals surface area (Å²) in [6.07, 6.45) is 4.93. The molecule has 0 radical (unpaired) electrons. The summed E-state index contributed by atoms with van der Waals surface area (Å²) < 4.78 is 2.13. The van der Waals surface area contributed by atoms with Gasteiger partial charge in [-0.2, -0.15) is 0 Å². The van der Waals surface area contributed by atoms with E-state index in [4.69, 9.17) is 0 Å². The maximum Gasteiger partial charge on any atom is 0.256 e. The van der Waals surface area contributed by atoms with Gasteiger partial charge in [-0.15, -0.1) is 0 Å². The fourth-order valence-electron chi connectivity index (χ4n) is 5.50. The van der Waals surface area contributed by atoms with Crippen molar-refractivity contribution in [3.63, 3.8) is 0 Å². The van der Waals surface area contributed by atoms with Crippen LogP contribution in [0.5, 0.6) is 0 Å². The Balaban J connectivity index is 1.14. The molecule has 1 aliphatic heterocycles. The van der Waals surface area contributed by atoms with E-state index in [9.17, 15) is 9.59 Å². The minimum atomic E-state index is -0.216. The van der Waals surface area contributed by atoms with E-state index in [0.717, 1.165) is 44.8 Å². The van der Waals surface area contributed by atoms with Crippen molar-refractivity contribution in [1.29, 1.82) is 0 Å². The maximum atomic E-state index is 14.1. The molecule has 0 atom stereocenters. The fraction of sp³-hybridized carbons (Fsp3) is 0.242. The van der Waals surface area contributed by atoms with E-state index in [-0.39, 0.29) is 11.8 Å². The highest BCUT2D eigenvalue weighted by Crippen LogP contribution is 2.35. The molecule has 5 aromatic rings. The van der Waals surface area contributed by atoms with Crippen LogP contribution < -0.4 is 10.2 Å². The summed E-state index contributed by atoms with van der Waals surface area (Å²) >= 11 is 0. The summed E-state index contributed by atoms with van der Waals surface area (Å²) in [5.74, 6) is 0.614. The summed E-state index contributed by atoms with van der Waals surface area (Å²) in [4.78, 5) is 43.8. The molecule has 1 fully saturated rings. The third-order valence-electron chi connectivity index (χ3n) is 7.78. The number of hydrogen-bond donors (Lipinski definition) is 1. The minimum Gasteiger partial charge on any atom is -0.353 e. The van der Waals surface area contributed by atoms with E-state index in [0.29, 0.717) is 44.0 Å².